The predicted octanol–water partition coefficient (Wildman–Crippen LogP) is 8.11. The molecule has 4 aromatic carbocycles. The highest BCUT2D eigenvalue weighted by molar-refractivity contribution is 6.06. The molecule has 0 fully saturated rings. The van der Waals surface area contributed by atoms with E-state index in [1.807, 2.05) is 68.2 Å². The Morgan fingerprint density at radius 3 is 1.74 bits per heavy atom. The lowest BCUT2D eigenvalue weighted by molar-refractivity contribution is 0.0809. The SMILES string of the molecule is COc1ccc(C2=CN3C(=O)c4cc(C)c(OCCCOc5cc6c(cc5OC)C(=O)N5C=C(c7ccc(C)cc7)CC5C=N6)cc4N=CC3C2)cc1. The minimum atomic E-state index is -0.161. The lowest BCUT2D eigenvalue weighted by Crippen LogP contribution is -2.32. The fourth-order valence-electron chi connectivity index (χ4n) is 7.15. The summed E-state index contributed by atoms with van der Waals surface area (Å²) in [5.41, 5.74) is 8.53. The second-order valence-corrected chi connectivity index (χ2v) is 13.6. The molecule has 2 unspecified atom stereocenters. The van der Waals surface area contributed by atoms with E-state index in [9.17, 15) is 9.59 Å². The number of hydrogen-bond donors (Lipinski definition) is 0. The molecule has 0 N–H and O–H groups in total. The Bertz CT molecular complexity index is 2220. The number of benzene rings is 4. The maximum absolute atomic E-state index is 13.7. The van der Waals surface area contributed by atoms with Gasteiger partial charge in [-0.05, 0) is 65.9 Å². The zero-order chi connectivity index (χ0) is 36.6. The number of rotatable bonds is 10. The van der Waals surface area contributed by atoms with Crippen LogP contribution in [0.3, 0.4) is 0 Å². The molecule has 10 heteroatoms. The topological polar surface area (TPSA) is 102 Å². The van der Waals surface area contributed by atoms with Gasteiger partial charge in [-0.15, -0.1) is 0 Å². The highest BCUT2D eigenvalue weighted by Gasteiger charge is 2.35. The first-order valence-corrected chi connectivity index (χ1v) is 17.8. The third-order valence-corrected chi connectivity index (χ3v) is 10.1. The quantitative estimate of drug-likeness (QED) is 0.154. The van der Waals surface area contributed by atoms with Gasteiger partial charge in [0, 0.05) is 56.2 Å². The summed E-state index contributed by atoms with van der Waals surface area (Å²) in [6.45, 7) is 4.73. The van der Waals surface area contributed by atoms with E-state index < -0.39 is 0 Å². The normalized spacial score (nSPS) is 18.3. The smallest absolute Gasteiger partial charge is 0.260 e. The molecule has 53 heavy (non-hydrogen) atoms. The summed E-state index contributed by atoms with van der Waals surface area (Å²) in [5.74, 6) is 2.22. The maximum Gasteiger partial charge on any atom is 0.260 e. The number of nitrogens with zero attached hydrogens (tertiary/aromatic N) is 4. The van der Waals surface area contributed by atoms with Gasteiger partial charge < -0.3 is 28.7 Å². The van der Waals surface area contributed by atoms with Crippen LogP contribution in [0.2, 0.25) is 0 Å². The number of aryl methyl sites for hydroxylation is 2. The van der Waals surface area contributed by atoms with Gasteiger partial charge in [-0.2, -0.15) is 0 Å². The summed E-state index contributed by atoms with van der Waals surface area (Å²) in [6.07, 6.45) is 9.51. The Hall–Kier alpha value is -6.16. The average molecular weight is 709 g/mol. The van der Waals surface area contributed by atoms with Crippen molar-refractivity contribution in [3.63, 3.8) is 0 Å². The lowest BCUT2D eigenvalue weighted by Gasteiger charge is -2.19. The Labute approximate surface area is 308 Å². The zero-order valence-corrected chi connectivity index (χ0v) is 30.2. The summed E-state index contributed by atoms with van der Waals surface area (Å²) in [5, 5.41) is 0. The van der Waals surface area contributed by atoms with Gasteiger partial charge in [-0.25, -0.2) is 0 Å². The van der Waals surface area contributed by atoms with E-state index >= 15 is 0 Å². The molecule has 0 bridgehead atoms. The van der Waals surface area contributed by atoms with Crippen LogP contribution in [0.15, 0.2) is 95.2 Å². The highest BCUT2D eigenvalue weighted by atomic mass is 16.5. The van der Waals surface area contributed by atoms with Gasteiger partial charge in [0.15, 0.2) is 11.5 Å². The van der Waals surface area contributed by atoms with Crippen LogP contribution in [0.1, 0.15) is 62.2 Å². The number of carbonyl (C=O) groups is 2. The van der Waals surface area contributed by atoms with Crippen LogP contribution in [0.4, 0.5) is 11.4 Å². The molecule has 0 saturated heterocycles. The van der Waals surface area contributed by atoms with E-state index in [4.69, 9.17) is 28.9 Å². The van der Waals surface area contributed by atoms with E-state index in [2.05, 4.69) is 31.2 Å². The monoisotopic (exact) mass is 708 g/mol. The standard InChI is InChI=1S/C43H40N4O6/c1-26-6-8-28(9-7-26)30-17-33-23-45-38-21-41(40(51-4)19-36(38)43(49)47(33)24-30)53-15-5-14-52-39-20-37-35(16-27(39)2)42(48)46-25-31(18-32(46)22-44-37)29-10-12-34(50-3)13-11-29/h6-13,16,19-25,32-33H,5,14-15,17-18H2,1-4H3. The first kappa shape index (κ1) is 34.0. The van der Waals surface area contributed by atoms with Gasteiger partial charge in [0.2, 0.25) is 0 Å². The maximum atomic E-state index is 13.7. The number of amides is 2. The first-order valence-electron chi connectivity index (χ1n) is 17.8. The number of ether oxygens (including phenoxy) is 4. The van der Waals surface area contributed by atoms with E-state index in [1.165, 1.54) is 5.56 Å². The van der Waals surface area contributed by atoms with Crippen molar-refractivity contribution in [3.05, 3.63) is 119 Å². The molecule has 4 aliphatic heterocycles. The van der Waals surface area contributed by atoms with Crippen LogP contribution in [-0.4, -0.2) is 73.6 Å². The van der Waals surface area contributed by atoms with Crippen LogP contribution in [0.5, 0.6) is 23.0 Å². The molecule has 4 aliphatic rings. The lowest BCUT2D eigenvalue weighted by atomic mass is 10.0. The van der Waals surface area contributed by atoms with Gasteiger partial charge in [0.1, 0.15) is 11.5 Å². The van der Waals surface area contributed by atoms with Crippen molar-refractivity contribution >= 4 is 46.8 Å². The van der Waals surface area contributed by atoms with Gasteiger partial charge in [-0.3, -0.25) is 19.6 Å². The summed E-state index contributed by atoms with van der Waals surface area (Å²) in [4.78, 5) is 40.4. The van der Waals surface area contributed by atoms with E-state index in [0.717, 1.165) is 33.6 Å². The molecule has 4 aromatic rings. The fraction of sp³-hybridized carbons (Fsp3) is 0.256. The molecule has 0 radical (unpaired) electrons. The fourth-order valence-corrected chi connectivity index (χ4v) is 7.15. The molecule has 2 atom stereocenters. The van der Waals surface area contributed by atoms with Crippen molar-refractivity contribution in [2.75, 3.05) is 27.4 Å². The zero-order valence-electron chi connectivity index (χ0n) is 30.2. The molecule has 0 saturated carbocycles. The van der Waals surface area contributed by atoms with Gasteiger partial charge in [0.25, 0.3) is 11.8 Å². The third-order valence-electron chi connectivity index (χ3n) is 10.1. The van der Waals surface area contributed by atoms with Crippen LogP contribution in [-0.2, 0) is 0 Å². The number of aliphatic imine (C=N–C) groups is 2. The molecular weight excluding hydrogens is 668 g/mol. The summed E-state index contributed by atoms with van der Waals surface area (Å²) >= 11 is 0. The van der Waals surface area contributed by atoms with Crippen molar-refractivity contribution in [1.29, 1.82) is 0 Å². The molecule has 268 valence electrons. The van der Waals surface area contributed by atoms with Crippen LogP contribution < -0.4 is 18.9 Å². The van der Waals surface area contributed by atoms with E-state index in [-0.39, 0.29) is 23.9 Å². The van der Waals surface area contributed by atoms with E-state index in [1.54, 1.807) is 36.2 Å². The minimum Gasteiger partial charge on any atom is -0.497 e. The average Bonchev–Trinajstić information content (AvgIpc) is 3.76. The molecule has 8 rings (SSSR count). The summed E-state index contributed by atoms with van der Waals surface area (Å²) in [6, 6.07) is 23.1. The molecule has 0 aromatic heterocycles. The molecule has 2 amide bonds. The first-order chi connectivity index (χ1) is 25.8. The van der Waals surface area contributed by atoms with Crippen molar-refractivity contribution in [1.82, 2.24) is 9.80 Å². The molecular formula is C43H40N4O6. The van der Waals surface area contributed by atoms with Gasteiger partial charge >= 0.3 is 0 Å². The van der Waals surface area contributed by atoms with Crippen molar-refractivity contribution < 1.29 is 28.5 Å². The molecule has 4 heterocycles. The predicted molar refractivity (Wildman–Crippen MR) is 205 cm³/mol. The number of carbonyl (C=O) groups excluding carboxylic acids is 2. The highest BCUT2D eigenvalue weighted by Crippen LogP contribution is 2.41. The largest absolute Gasteiger partial charge is 0.497 e. The second kappa shape index (κ2) is 14.1. The number of hydrogen-bond acceptors (Lipinski definition) is 8. The Morgan fingerprint density at radius 2 is 1.17 bits per heavy atom. The molecule has 0 spiro atoms. The number of methoxy groups -OCH3 is 2. The third kappa shape index (κ3) is 6.57. The Morgan fingerprint density at radius 1 is 0.642 bits per heavy atom. The van der Waals surface area contributed by atoms with Crippen LogP contribution >= 0.6 is 0 Å². The van der Waals surface area contributed by atoms with Crippen LogP contribution in [0, 0.1) is 13.8 Å². The van der Waals surface area contributed by atoms with Gasteiger partial charge in [-0.1, -0.05) is 42.0 Å². The number of fused-ring (bicyclic) bond motifs is 4. The van der Waals surface area contributed by atoms with Gasteiger partial charge in [0.05, 0.1) is 62.0 Å². The Balaban J connectivity index is 0.896. The van der Waals surface area contributed by atoms with E-state index in [0.29, 0.717) is 72.2 Å². The summed E-state index contributed by atoms with van der Waals surface area (Å²) in [7, 11) is 3.20. The van der Waals surface area contributed by atoms with Crippen molar-refractivity contribution in [2.24, 2.45) is 9.98 Å². The Kier molecular flexibility index (Phi) is 9.04. The second-order valence-electron chi connectivity index (χ2n) is 13.6. The van der Waals surface area contributed by atoms with Crippen LogP contribution in [0.25, 0.3) is 11.1 Å². The van der Waals surface area contributed by atoms with Crippen molar-refractivity contribution in [3.8, 4) is 23.0 Å². The molecule has 0 aliphatic carbocycles. The molecule has 10 nitrogen and oxygen atoms in total. The minimum absolute atomic E-state index is 0.0846. The summed E-state index contributed by atoms with van der Waals surface area (Å²) < 4.78 is 23.2. The van der Waals surface area contributed by atoms with Crippen molar-refractivity contribution in [2.45, 2.75) is 45.2 Å².